The monoisotopic (exact) mass is 386 g/mol. The van der Waals surface area contributed by atoms with Crippen molar-refractivity contribution in [3.8, 4) is 0 Å². The topological polar surface area (TPSA) is 25.4 Å². The summed E-state index contributed by atoms with van der Waals surface area (Å²) in [6.07, 6.45) is 5.86. The van der Waals surface area contributed by atoms with Gasteiger partial charge in [-0.1, -0.05) is 12.1 Å². The van der Waals surface area contributed by atoms with Crippen LogP contribution in [0.3, 0.4) is 0 Å². The lowest BCUT2D eigenvalue weighted by Crippen LogP contribution is -2.44. The first kappa shape index (κ1) is 20.5. The minimum atomic E-state index is -0.0166. The van der Waals surface area contributed by atoms with Crippen LogP contribution in [0.4, 0.5) is 0 Å². The Morgan fingerprint density at radius 1 is 1.33 bits per heavy atom. The number of aromatic nitrogens is 1. The van der Waals surface area contributed by atoms with Gasteiger partial charge in [-0.15, -0.1) is 11.3 Å². The lowest BCUT2D eigenvalue weighted by atomic mass is 9.77. The molecule has 3 heterocycles. The van der Waals surface area contributed by atoms with Gasteiger partial charge in [0.25, 0.3) is 0 Å². The molecule has 148 valence electrons. The van der Waals surface area contributed by atoms with Crippen molar-refractivity contribution < 1.29 is 4.74 Å². The molecule has 2 aromatic rings. The molecule has 0 aromatic carbocycles. The predicted octanol–water partition coefficient (Wildman–Crippen LogP) is 5.44. The number of thiophene rings is 1. The van der Waals surface area contributed by atoms with Crippen LogP contribution in [0.2, 0.25) is 0 Å². The average Bonchev–Trinajstić information content (AvgIpc) is 3.31. The molecule has 0 bridgehead atoms. The Morgan fingerprint density at radius 3 is 2.78 bits per heavy atom. The van der Waals surface area contributed by atoms with Crippen LogP contribution < -0.4 is 0 Å². The summed E-state index contributed by atoms with van der Waals surface area (Å²) in [6, 6.07) is 8.78. The molecule has 27 heavy (non-hydrogen) atoms. The van der Waals surface area contributed by atoms with Gasteiger partial charge >= 0.3 is 0 Å². The van der Waals surface area contributed by atoms with E-state index in [0.717, 1.165) is 31.8 Å². The van der Waals surface area contributed by atoms with E-state index in [0.29, 0.717) is 0 Å². The highest BCUT2D eigenvalue weighted by atomic mass is 32.1. The molecular weight excluding hydrogens is 352 g/mol. The van der Waals surface area contributed by atoms with Gasteiger partial charge in [0.1, 0.15) is 0 Å². The quantitative estimate of drug-likeness (QED) is 0.604. The van der Waals surface area contributed by atoms with Crippen molar-refractivity contribution in [2.75, 3.05) is 19.7 Å². The smallest absolute Gasteiger partial charge is 0.0615 e. The Morgan fingerprint density at radius 2 is 2.15 bits per heavy atom. The highest BCUT2D eigenvalue weighted by Gasteiger charge is 2.46. The van der Waals surface area contributed by atoms with Crippen LogP contribution in [0.15, 0.2) is 35.8 Å². The summed E-state index contributed by atoms with van der Waals surface area (Å²) in [5.41, 5.74) is 2.57. The van der Waals surface area contributed by atoms with Crippen LogP contribution in [0, 0.1) is 12.3 Å². The van der Waals surface area contributed by atoms with Crippen molar-refractivity contribution >= 4 is 11.3 Å². The molecule has 0 radical (unpaired) electrons. The number of ether oxygens (including phenoxy) is 1. The zero-order valence-corrected chi connectivity index (χ0v) is 18.3. The van der Waals surface area contributed by atoms with E-state index in [1.807, 2.05) is 24.5 Å². The summed E-state index contributed by atoms with van der Waals surface area (Å²) in [5.74, 6) is 0. The number of rotatable bonds is 8. The SMILES string of the molecule is CCO[C@@H](C)[C@]1(CCc2cccs2)CCN(C(C)(C)c2ccc(C)nc2)C1. The number of nitrogens with zero attached hydrogens (tertiary/aromatic N) is 2. The van der Waals surface area contributed by atoms with E-state index in [1.165, 1.54) is 23.3 Å². The Kier molecular flexibility index (Phi) is 6.39. The molecule has 2 atom stereocenters. The van der Waals surface area contributed by atoms with E-state index in [-0.39, 0.29) is 17.1 Å². The van der Waals surface area contributed by atoms with Crippen molar-refractivity contribution in [1.29, 1.82) is 0 Å². The molecule has 0 aliphatic carbocycles. The third-order valence-corrected chi connectivity index (χ3v) is 7.46. The van der Waals surface area contributed by atoms with E-state index in [4.69, 9.17) is 4.74 Å². The lowest BCUT2D eigenvalue weighted by molar-refractivity contribution is -0.0291. The third kappa shape index (κ3) is 4.44. The van der Waals surface area contributed by atoms with Gasteiger partial charge in [-0.25, -0.2) is 0 Å². The Hall–Kier alpha value is -1.23. The van der Waals surface area contributed by atoms with Gasteiger partial charge in [-0.3, -0.25) is 9.88 Å². The molecule has 2 aromatic heterocycles. The van der Waals surface area contributed by atoms with E-state index in [1.54, 1.807) is 0 Å². The molecule has 0 amide bonds. The van der Waals surface area contributed by atoms with Crippen LogP contribution >= 0.6 is 11.3 Å². The molecule has 1 aliphatic heterocycles. The number of hydrogen-bond acceptors (Lipinski definition) is 4. The van der Waals surface area contributed by atoms with Gasteiger partial charge in [0.2, 0.25) is 0 Å². The summed E-state index contributed by atoms with van der Waals surface area (Å²) in [5, 5.41) is 2.18. The Bertz CT molecular complexity index is 710. The first-order valence-corrected chi connectivity index (χ1v) is 11.1. The first-order valence-electron chi connectivity index (χ1n) is 10.2. The van der Waals surface area contributed by atoms with Crippen LogP contribution in [-0.4, -0.2) is 35.7 Å². The molecule has 3 nitrogen and oxygen atoms in total. The second kappa shape index (κ2) is 8.42. The Balaban J connectivity index is 1.78. The summed E-state index contributed by atoms with van der Waals surface area (Å²) in [6.45, 7) is 14.1. The summed E-state index contributed by atoms with van der Waals surface area (Å²) < 4.78 is 6.15. The van der Waals surface area contributed by atoms with Gasteiger partial charge in [0.15, 0.2) is 0 Å². The van der Waals surface area contributed by atoms with E-state index in [2.05, 4.69) is 67.2 Å². The second-order valence-electron chi connectivity index (χ2n) is 8.46. The fourth-order valence-electron chi connectivity index (χ4n) is 4.38. The fraction of sp³-hybridized carbons (Fsp3) is 0.609. The molecule has 3 rings (SSSR count). The van der Waals surface area contributed by atoms with Crippen molar-refractivity contribution in [1.82, 2.24) is 9.88 Å². The molecule has 0 N–H and O–H groups in total. The number of pyridine rings is 1. The van der Waals surface area contributed by atoms with Crippen LogP contribution in [0.1, 0.15) is 56.7 Å². The number of hydrogen-bond donors (Lipinski definition) is 0. The van der Waals surface area contributed by atoms with Crippen molar-refractivity contribution in [2.45, 2.75) is 65.5 Å². The fourth-order valence-corrected chi connectivity index (χ4v) is 5.09. The van der Waals surface area contributed by atoms with Crippen molar-refractivity contribution in [3.05, 3.63) is 52.0 Å². The predicted molar refractivity (Wildman–Crippen MR) is 114 cm³/mol. The van der Waals surface area contributed by atoms with Crippen molar-refractivity contribution in [3.63, 3.8) is 0 Å². The van der Waals surface area contributed by atoms with Crippen LogP contribution in [0.5, 0.6) is 0 Å². The molecule has 1 fully saturated rings. The molecule has 1 saturated heterocycles. The maximum atomic E-state index is 6.15. The maximum Gasteiger partial charge on any atom is 0.0615 e. The number of aryl methyl sites for hydroxylation is 2. The Labute approximate surface area is 168 Å². The van der Waals surface area contributed by atoms with Crippen LogP contribution in [0.25, 0.3) is 0 Å². The molecule has 0 saturated carbocycles. The van der Waals surface area contributed by atoms with E-state index < -0.39 is 0 Å². The van der Waals surface area contributed by atoms with Crippen LogP contribution in [-0.2, 0) is 16.7 Å². The van der Waals surface area contributed by atoms with E-state index in [9.17, 15) is 0 Å². The molecule has 4 heteroatoms. The maximum absolute atomic E-state index is 6.15. The summed E-state index contributed by atoms with van der Waals surface area (Å²) >= 11 is 1.87. The molecule has 0 unspecified atom stereocenters. The van der Waals surface area contributed by atoms with E-state index >= 15 is 0 Å². The largest absolute Gasteiger partial charge is 0.378 e. The zero-order valence-electron chi connectivity index (χ0n) is 17.5. The highest BCUT2D eigenvalue weighted by molar-refractivity contribution is 7.09. The first-order chi connectivity index (χ1) is 12.9. The van der Waals surface area contributed by atoms with Gasteiger partial charge < -0.3 is 4.74 Å². The average molecular weight is 387 g/mol. The van der Waals surface area contributed by atoms with Crippen molar-refractivity contribution in [2.24, 2.45) is 5.41 Å². The second-order valence-corrected chi connectivity index (χ2v) is 9.49. The number of likely N-dealkylation sites (tertiary alicyclic amines) is 1. The minimum absolute atomic E-state index is 0.0166. The third-order valence-electron chi connectivity index (χ3n) is 6.52. The normalized spacial score (nSPS) is 22.3. The molecule has 1 aliphatic rings. The molecular formula is C23H34N2OS. The molecule has 0 spiro atoms. The lowest BCUT2D eigenvalue weighted by Gasteiger charge is -2.40. The standard InChI is InChI=1S/C23H34N2OS/c1-6-26-19(3)23(12-11-21-8-7-15-27-21)13-14-25(17-23)22(4,5)20-10-9-18(2)24-16-20/h7-10,15-16,19H,6,11-14,17H2,1-5H3/t19-,23+/m0/s1. The van der Waals surface area contributed by atoms with Gasteiger partial charge in [0, 0.05) is 40.9 Å². The van der Waals surface area contributed by atoms with Gasteiger partial charge in [0.05, 0.1) is 6.10 Å². The highest BCUT2D eigenvalue weighted by Crippen LogP contribution is 2.44. The zero-order chi connectivity index (χ0) is 19.5. The summed E-state index contributed by atoms with van der Waals surface area (Å²) in [4.78, 5) is 8.66. The minimum Gasteiger partial charge on any atom is -0.378 e. The van der Waals surface area contributed by atoms with Gasteiger partial charge in [-0.05, 0) is 83.5 Å². The summed E-state index contributed by atoms with van der Waals surface area (Å²) in [7, 11) is 0. The van der Waals surface area contributed by atoms with Gasteiger partial charge in [-0.2, -0.15) is 0 Å².